The molecule has 0 aromatic heterocycles. The number of nitrogens with zero attached hydrogens (tertiary/aromatic N) is 1. The van der Waals surface area contributed by atoms with Crippen LogP contribution in [-0.2, 0) is 11.4 Å². The molecular weight excluding hydrogens is 256 g/mol. The molecule has 0 aliphatic carbocycles. The van der Waals surface area contributed by atoms with Gasteiger partial charge < -0.3 is 20.0 Å². The molecule has 0 aliphatic rings. The van der Waals surface area contributed by atoms with Crippen LogP contribution in [0.5, 0.6) is 5.75 Å². The lowest BCUT2D eigenvalue weighted by molar-refractivity contribution is 0.124. The minimum absolute atomic E-state index is 0.0346. The van der Waals surface area contributed by atoms with Crippen molar-refractivity contribution in [1.29, 1.82) is 0 Å². The molecular formula is C15H24N2O3. The summed E-state index contributed by atoms with van der Waals surface area (Å²) in [6.07, 6.45) is 0.709. The molecule has 1 atom stereocenters. The number of hydrogen-bond donors (Lipinski definition) is 2. The number of aliphatic hydroxyl groups excluding tert-OH is 1. The summed E-state index contributed by atoms with van der Waals surface area (Å²) in [5.41, 5.74) is 0.877. The molecule has 1 rings (SSSR count). The first-order valence-electron chi connectivity index (χ1n) is 6.63. The molecule has 0 amide bonds. The van der Waals surface area contributed by atoms with Crippen molar-refractivity contribution in [3.63, 3.8) is 0 Å². The first-order valence-corrected chi connectivity index (χ1v) is 6.63. The Labute approximate surface area is 120 Å². The zero-order valence-corrected chi connectivity index (χ0v) is 12.6. The summed E-state index contributed by atoms with van der Waals surface area (Å²) in [6.45, 7) is 6.85. The molecule has 0 aliphatic heterocycles. The number of β-amino-alcohol motifs (C(OH)–C–C–N with tert-alkyl or cyclic N) is 1. The third-order valence-electron chi connectivity index (χ3n) is 2.56. The molecule has 0 heterocycles. The molecule has 0 saturated heterocycles. The van der Waals surface area contributed by atoms with E-state index in [4.69, 9.17) is 9.57 Å². The maximum absolute atomic E-state index is 9.69. The van der Waals surface area contributed by atoms with Crippen molar-refractivity contribution in [3.8, 4) is 5.75 Å². The normalized spacial score (nSPS) is 13.4. The van der Waals surface area contributed by atoms with E-state index in [1.165, 1.54) is 6.21 Å². The van der Waals surface area contributed by atoms with E-state index in [9.17, 15) is 5.11 Å². The number of hydrogen-bond acceptors (Lipinski definition) is 5. The molecule has 1 aromatic carbocycles. The number of aliphatic hydroxyl groups is 1. The van der Waals surface area contributed by atoms with Crippen molar-refractivity contribution in [2.45, 2.75) is 39.0 Å². The van der Waals surface area contributed by atoms with Crippen LogP contribution < -0.4 is 10.1 Å². The molecule has 0 radical (unpaired) electrons. The van der Waals surface area contributed by atoms with Crippen LogP contribution in [0, 0.1) is 0 Å². The van der Waals surface area contributed by atoms with E-state index in [-0.39, 0.29) is 5.54 Å². The van der Waals surface area contributed by atoms with Crippen LogP contribution in [-0.4, -0.2) is 36.6 Å². The highest BCUT2D eigenvalue weighted by Crippen LogP contribution is 2.17. The van der Waals surface area contributed by atoms with Crippen molar-refractivity contribution in [3.05, 3.63) is 29.8 Å². The van der Waals surface area contributed by atoms with Gasteiger partial charge in [-0.05, 0) is 26.8 Å². The van der Waals surface area contributed by atoms with Crippen molar-refractivity contribution < 1.29 is 14.7 Å². The Morgan fingerprint density at radius 2 is 2.05 bits per heavy atom. The molecule has 0 fully saturated rings. The van der Waals surface area contributed by atoms with Crippen LogP contribution in [0.15, 0.2) is 29.4 Å². The zero-order valence-electron chi connectivity index (χ0n) is 12.6. The number of oxime groups is 1. The van der Waals surface area contributed by atoms with E-state index in [0.717, 1.165) is 11.3 Å². The van der Waals surface area contributed by atoms with Gasteiger partial charge in [0.1, 0.15) is 18.5 Å². The zero-order chi connectivity index (χ0) is 15.0. The monoisotopic (exact) mass is 280 g/mol. The molecule has 112 valence electrons. The second-order valence-electron chi connectivity index (χ2n) is 5.54. The van der Waals surface area contributed by atoms with Gasteiger partial charge in [-0.15, -0.1) is 0 Å². The van der Waals surface area contributed by atoms with Gasteiger partial charge in [-0.1, -0.05) is 23.4 Å². The third kappa shape index (κ3) is 6.54. The summed E-state index contributed by atoms with van der Waals surface area (Å²) in [7, 11) is 1.62. The summed E-state index contributed by atoms with van der Waals surface area (Å²) >= 11 is 0. The Balaban J connectivity index is 2.34. The summed E-state index contributed by atoms with van der Waals surface area (Å²) in [5.74, 6) is 0.762. The average molecular weight is 280 g/mol. The number of ether oxygens (including phenoxy) is 1. The molecule has 0 bridgehead atoms. The lowest BCUT2D eigenvalue weighted by atomic mass is 10.1. The van der Waals surface area contributed by atoms with Crippen LogP contribution in [0.4, 0.5) is 0 Å². The number of benzene rings is 1. The van der Waals surface area contributed by atoms with Crippen molar-refractivity contribution in [2.75, 3.05) is 13.7 Å². The Morgan fingerprint density at radius 1 is 1.35 bits per heavy atom. The van der Waals surface area contributed by atoms with Crippen LogP contribution in [0.2, 0.25) is 0 Å². The van der Waals surface area contributed by atoms with Crippen LogP contribution >= 0.6 is 0 Å². The lowest BCUT2D eigenvalue weighted by Crippen LogP contribution is -2.41. The highest BCUT2D eigenvalue weighted by Gasteiger charge is 2.10. The topological polar surface area (TPSA) is 63.1 Å². The minimum Gasteiger partial charge on any atom is -0.496 e. The molecule has 1 aromatic rings. The smallest absolute Gasteiger partial charge is 0.145 e. The van der Waals surface area contributed by atoms with Gasteiger partial charge in [-0.3, -0.25) is 0 Å². The summed E-state index contributed by atoms with van der Waals surface area (Å²) < 4.78 is 5.21. The predicted octanol–water partition coefficient (Wildman–Crippen LogP) is 1.95. The summed E-state index contributed by atoms with van der Waals surface area (Å²) in [4.78, 5) is 5.17. The van der Waals surface area contributed by atoms with Gasteiger partial charge >= 0.3 is 0 Å². The lowest BCUT2D eigenvalue weighted by Gasteiger charge is -2.21. The second-order valence-corrected chi connectivity index (χ2v) is 5.54. The maximum Gasteiger partial charge on any atom is 0.145 e. The van der Waals surface area contributed by atoms with Crippen molar-refractivity contribution in [2.24, 2.45) is 5.16 Å². The Bertz CT molecular complexity index is 427. The first-order chi connectivity index (χ1) is 9.42. The molecule has 5 heteroatoms. The van der Waals surface area contributed by atoms with Gasteiger partial charge in [-0.25, -0.2) is 0 Å². The summed E-state index contributed by atoms with van der Waals surface area (Å²) in [6, 6.07) is 7.58. The fourth-order valence-electron chi connectivity index (χ4n) is 1.51. The second kappa shape index (κ2) is 7.87. The predicted molar refractivity (Wildman–Crippen MR) is 80.0 cm³/mol. The quantitative estimate of drug-likeness (QED) is 0.592. The molecule has 0 saturated carbocycles. The van der Waals surface area contributed by atoms with Gasteiger partial charge in [0.05, 0.1) is 13.3 Å². The van der Waals surface area contributed by atoms with E-state index in [1.54, 1.807) is 7.11 Å². The fraction of sp³-hybridized carbons (Fsp3) is 0.533. The fourth-order valence-corrected chi connectivity index (χ4v) is 1.51. The third-order valence-corrected chi connectivity index (χ3v) is 2.56. The van der Waals surface area contributed by atoms with Crippen molar-refractivity contribution >= 4 is 6.21 Å². The highest BCUT2D eigenvalue weighted by atomic mass is 16.6. The van der Waals surface area contributed by atoms with Crippen molar-refractivity contribution in [1.82, 2.24) is 5.32 Å². The summed E-state index contributed by atoms with van der Waals surface area (Å²) in [5, 5.41) is 16.6. The van der Waals surface area contributed by atoms with Gasteiger partial charge in [0.15, 0.2) is 0 Å². The van der Waals surface area contributed by atoms with Crippen LogP contribution in [0.3, 0.4) is 0 Å². The van der Waals surface area contributed by atoms with E-state index in [1.807, 2.05) is 45.0 Å². The molecule has 20 heavy (non-hydrogen) atoms. The number of methoxy groups -OCH3 is 1. The maximum atomic E-state index is 9.69. The van der Waals surface area contributed by atoms with Crippen LogP contribution in [0.1, 0.15) is 26.3 Å². The number of nitrogens with one attached hydrogen (secondary N) is 1. The largest absolute Gasteiger partial charge is 0.496 e. The van der Waals surface area contributed by atoms with Gasteiger partial charge in [0, 0.05) is 17.6 Å². The van der Waals surface area contributed by atoms with E-state index < -0.39 is 6.10 Å². The van der Waals surface area contributed by atoms with Gasteiger partial charge in [0.2, 0.25) is 0 Å². The van der Waals surface area contributed by atoms with Crippen LogP contribution in [0.25, 0.3) is 0 Å². The van der Waals surface area contributed by atoms with E-state index in [2.05, 4.69) is 10.5 Å². The number of rotatable bonds is 7. The molecule has 1 unspecified atom stereocenters. The molecule has 2 N–H and O–H groups in total. The molecule has 5 nitrogen and oxygen atoms in total. The number of para-hydroxylation sites is 1. The Kier molecular flexibility index (Phi) is 6.48. The Morgan fingerprint density at radius 3 is 2.70 bits per heavy atom. The standard InChI is InChI=1S/C15H24N2O3/c1-15(2,3)16-9-13(18)10-17-20-11-12-7-5-6-8-14(12)19-4/h5-8,10,13,16,18H,9,11H2,1-4H3/b17-10+. The SMILES string of the molecule is COc1ccccc1CO/N=C/C(O)CNC(C)(C)C. The molecule has 0 spiro atoms. The Hall–Kier alpha value is -1.59. The highest BCUT2D eigenvalue weighted by molar-refractivity contribution is 5.62. The minimum atomic E-state index is -0.674. The van der Waals surface area contributed by atoms with Gasteiger partial charge in [0.25, 0.3) is 0 Å². The van der Waals surface area contributed by atoms with E-state index in [0.29, 0.717) is 13.2 Å². The van der Waals surface area contributed by atoms with E-state index >= 15 is 0 Å². The van der Waals surface area contributed by atoms with Gasteiger partial charge in [-0.2, -0.15) is 0 Å². The first kappa shape index (κ1) is 16.5. The average Bonchev–Trinajstić information content (AvgIpc) is 2.41.